The fraction of sp³-hybridized carbons (Fsp3) is 0.333. The second kappa shape index (κ2) is 7.14. The lowest BCUT2D eigenvalue weighted by molar-refractivity contribution is 0.397. The minimum absolute atomic E-state index is 0.200. The quantitative estimate of drug-likeness (QED) is 0.874. The smallest absolute Gasteiger partial charge is 0.123 e. The maximum Gasteiger partial charge on any atom is 0.123 e. The highest BCUT2D eigenvalue weighted by atomic mass is 16.5. The molecule has 21 heavy (non-hydrogen) atoms. The van der Waals surface area contributed by atoms with Crippen molar-refractivity contribution in [3.8, 4) is 11.5 Å². The van der Waals surface area contributed by atoms with Gasteiger partial charge < -0.3 is 14.8 Å². The number of rotatable bonds is 6. The first-order chi connectivity index (χ1) is 10.2. The van der Waals surface area contributed by atoms with Crippen LogP contribution in [-0.2, 0) is 6.54 Å². The Morgan fingerprint density at radius 2 is 1.71 bits per heavy atom. The van der Waals surface area contributed by atoms with Gasteiger partial charge in [0, 0.05) is 23.7 Å². The van der Waals surface area contributed by atoms with Crippen LogP contribution in [-0.4, -0.2) is 14.2 Å². The zero-order valence-electron chi connectivity index (χ0n) is 13.1. The molecule has 0 unspecified atom stereocenters. The molecule has 0 heterocycles. The summed E-state index contributed by atoms with van der Waals surface area (Å²) in [6.45, 7) is 4.98. The molecule has 0 fully saturated rings. The number of hydrogen-bond donors (Lipinski definition) is 1. The molecule has 0 saturated heterocycles. The molecule has 3 heteroatoms. The highest BCUT2D eigenvalue weighted by Crippen LogP contribution is 2.26. The van der Waals surface area contributed by atoms with Crippen LogP contribution in [0.3, 0.4) is 0 Å². The van der Waals surface area contributed by atoms with Gasteiger partial charge in [-0.2, -0.15) is 0 Å². The summed E-state index contributed by atoms with van der Waals surface area (Å²) in [7, 11) is 3.41. The minimum atomic E-state index is 0.200. The molecule has 1 atom stereocenters. The number of hydrogen-bond acceptors (Lipinski definition) is 3. The zero-order valence-corrected chi connectivity index (χ0v) is 13.1. The van der Waals surface area contributed by atoms with Crippen molar-refractivity contribution in [2.75, 3.05) is 14.2 Å². The predicted octanol–water partition coefficient (Wildman–Crippen LogP) is 3.86. The Morgan fingerprint density at radius 1 is 1.00 bits per heavy atom. The Balaban J connectivity index is 2.11. The normalized spacial score (nSPS) is 12.0. The van der Waals surface area contributed by atoms with E-state index in [1.54, 1.807) is 14.2 Å². The van der Waals surface area contributed by atoms with Crippen LogP contribution >= 0.6 is 0 Å². The van der Waals surface area contributed by atoms with Gasteiger partial charge in [0.2, 0.25) is 0 Å². The number of ether oxygens (including phenoxy) is 2. The van der Waals surface area contributed by atoms with Crippen LogP contribution in [0.25, 0.3) is 0 Å². The summed E-state index contributed by atoms with van der Waals surface area (Å²) in [6, 6.07) is 14.5. The van der Waals surface area contributed by atoms with Gasteiger partial charge in [-0.1, -0.05) is 35.9 Å². The van der Waals surface area contributed by atoms with E-state index < -0.39 is 0 Å². The first kappa shape index (κ1) is 15.4. The molecule has 0 bridgehead atoms. The molecule has 2 aromatic rings. The van der Waals surface area contributed by atoms with E-state index in [-0.39, 0.29) is 6.04 Å². The van der Waals surface area contributed by atoms with Crippen molar-refractivity contribution < 1.29 is 9.47 Å². The van der Waals surface area contributed by atoms with Crippen LogP contribution in [0.15, 0.2) is 42.5 Å². The number of nitrogens with one attached hydrogen (secondary N) is 1. The van der Waals surface area contributed by atoms with E-state index in [1.165, 1.54) is 11.1 Å². The van der Waals surface area contributed by atoms with Gasteiger partial charge in [0.25, 0.3) is 0 Å². The van der Waals surface area contributed by atoms with Gasteiger partial charge in [-0.05, 0) is 26.0 Å². The molecule has 0 saturated carbocycles. The van der Waals surface area contributed by atoms with Crippen molar-refractivity contribution in [1.82, 2.24) is 5.32 Å². The first-order valence-corrected chi connectivity index (χ1v) is 7.15. The van der Waals surface area contributed by atoms with Gasteiger partial charge in [-0.15, -0.1) is 0 Å². The average molecular weight is 285 g/mol. The molecule has 0 amide bonds. The van der Waals surface area contributed by atoms with E-state index in [9.17, 15) is 0 Å². The van der Waals surface area contributed by atoms with Gasteiger partial charge in [0.15, 0.2) is 0 Å². The standard InChI is InChI=1S/C18H23NO2/c1-13-9-10-17(20-3)15(11-13)12-19-14(2)16-7-5-6-8-18(16)21-4/h5-11,14,19H,12H2,1-4H3/t14-/m1/s1. The Labute approximate surface area is 126 Å². The molecule has 0 spiro atoms. The second-order valence-electron chi connectivity index (χ2n) is 5.16. The van der Waals surface area contributed by atoms with Crippen molar-refractivity contribution in [2.45, 2.75) is 26.4 Å². The number of aryl methyl sites for hydroxylation is 1. The molecule has 2 aromatic carbocycles. The summed E-state index contributed by atoms with van der Waals surface area (Å²) in [5, 5.41) is 3.53. The van der Waals surface area contributed by atoms with Crippen LogP contribution < -0.4 is 14.8 Å². The van der Waals surface area contributed by atoms with Gasteiger partial charge in [-0.3, -0.25) is 0 Å². The molecule has 0 aromatic heterocycles. The van der Waals surface area contributed by atoms with Crippen molar-refractivity contribution in [2.24, 2.45) is 0 Å². The third kappa shape index (κ3) is 3.76. The molecule has 0 radical (unpaired) electrons. The van der Waals surface area contributed by atoms with E-state index in [0.717, 1.165) is 23.6 Å². The van der Waals surface area contributed by atoms with Crippen LogP contribution in [0.4, 0.5) is 0 Å². The van der Waals surface area contributed by atoms with Crippen molar-refractivity contribution in [3.05, 3.63) is 59.2 Å². The molecule has 0 aliphatic rings. The van der Waals surface area contributed by atoms with Gasteiger partial charge in [-0.25, -0.2) is 0 Å². The monoisotopic (exact) mass is 285 g/mol. The summed E-state index contributed by atoms with van der Waals surface area (Å²) in [5.74, 6) is 1.83. The van der Waals surface area contributed by atoms with E-state index >= 15 is 0 Å². The maximum atomic E-state index is 5.42. The fourth-order valence-corrected chi connectivity index (χ4v) is 2.44. The molecular formula is C18H23NO2. The summed E-state index contributed by atoms with van der Waals surface area (Å²) < 4.78 is 10.8. The highest BCUT2D eigenvalue weighted by molar-refractivity contribution is 5.38. The Bertz CT molecular complexity index is 596. The summed E-state index contributed by atoms with van der Waals surface area (Å²) in [5.41, 5.74) is 3.56. The van der Waals surface area contributed by atoms with Crippen molar-refractivity contribution in [1.29, 1.82) is 0 Å². The lowest BCUT2D eigenvalue weighted by Gasteiger charge is -2.18. The van der Waals surface area contributed by atoms with Crippen molar-refractivity contribution in [3.63, 3.8) is 0 Å². The van der Waals surface area contributed by atoms with E-state index in [1.807, 2.05) is 24.3 Å². The van der Waals surface area contributed by atoms with Crippen LogP contribution in [0, 0.1) is 6.92 Å². The summed E-state index contributed by atoms with van der Waals surface area (Å²) in [6.07, 6.45) is 0. The zero-order chi connectivity index (χ0) is 15.2. The fourth-order valence-electron chi connectivity index (χ4n) is 2.44. The average Bonchev–Trinajstić information content (AvgIpc) is 2.52. The molecule has 3 nitrogen and oxygen atoms in total. The van der Waals surface area contributed by atoms with Gasteiger partial charge in [0.05, 0.1) is 14.2 Å². The van der Waals surface area contributed by atoms with Gasteiger partial charge in [0.1, 0.15) is 11.5 Å². The summed E-state index contributed by atoms with van der Waals surface area (Å²) >= 11 is 0. The van der Waals surface area contributed by atoms with Crippen molar-refractivity contribution >= 4 is 0 Å². The lowest BCUT2D eigenvalue weighted by Crippen LogP contribution is -2.19. The highest BCUT2D eigenvalue weighted by Gasteiger charge is 2.11. The molecule has 2 rings (SSSR count). The first-order valence-electron chi connectivity index (χ1n) is 7.15. The van der Waals surface area contributed by atoms with E-state index in [0.29, 0.717) is 0 Å². The number of para-hydroxylation sites is 1. The largest absolute Gasteiger partial charge is 0.496 e. The number of methoxy groups -OCH3 is 2. The minimum Gasteiger partial charge on any atom is -0.496 e. The van der Waals surface area contributed by atoms with Crippen LogP contribution in [0.5, 0.6) is 11.5 Å². The Kier molecular flexibility index (Phi) is 5.23. The SMILES string of the molecule is COc1ccc(C)cc1CN[C@H](C)c1ccccc1OC. The number of benzene rings is 2. The van der Waals surface area contributed by atoms with E-state index in [4.69, 9.17) is 9.47 Å². The molecule has 0 aliphatic carbocycles. The van der Waals surface area contributed by atoms with E-state index in [2.05, 4.69) is 37.4 Å². The topological polar surface area (TPSA) is 30.5 Å². The third-order valence-corrected chi connectivity index (χ3v) is 3.64. The van der Waals surface area contributed by atoms with Crippen LogP contribution in [0.1, 0.15) is 29.7 Å². The predicted molar refractivity (Wildman–Crippen MR) is 86.0 cm³/mol. The molecule has 0 aliphatic heterocycles. The van der Waals surface area contributed by atoms with Gasteiger partial charge >= 0.3 is 0 Å². The Morgan fingerprint density at radius 3 is 2.43 bits per heavy atom. The van der Waals surface area contributed by atoms with Crippen LogP contribution in [0.2, 0.25) is 0 Å². The molecular weight excluding hydrogens is 262 g/mol. The second-order valence-corrected chi connectivity index (χ2v) is 5.16. The maximum absolute atomic E-state index is 5.42. The molecule has 112 valence electrons. The third-order valence-electron chi connectivity index (χ3n) is 3.64. The molecule has 1 N–H and O–H groups in total. The lowest BCUT2D eigenvalue weighted by atomic mass is 10.1. The summed E-state index contributed by atoms with van der Waals surface area (Å²) in [4.78, 5) is 0. The Hall–Kier alpha value is -2.00.